The molecule has 0 radical (unpaired) electrons. The molecular weight excluding hydrogens is 158 g/mol. The number of carbonyl (C=O) groups excluding carboxylic acids is 1. The summed E-state index contributed by atoms with van der Waals surface area (Å²) in [5, 5.41) is 8.66. The minimum absolute atomic E-state index is 0. The second-order valence-corrected chi connectivity index (χ2v) is 1.50. The molecule has 10 heavy (non-hydrogen) atoms. The van der Waals surface area contributed by atoms with Crippen molar-refractivity contribution in [2.24, 2.45) is 5.73 Å². The van der Waals surface area contributed by atoms with Crippen LogP contribution in [0.1, 0.15) is 6.92 Å². The molecule has 1 atom stereocenters. The molecule has 0 aliphatic carbocycles. The van der Waals surface area contributed by atoms with Gasteiger partial charge in [-0.3, -0.25) is 0 Å². The standard InChI is InChI=1S/C5H11NO3.ClH/c1-2-9-5(8)4(7)3-6;/h4,7H,2-3,6H2,1H3;1H. The third-order valence-electron chi connectivity index (χ3n) is 0.782. The van der Waals surface area contributed by atoms with Crippen LogP contribution in [0.15, 0.2) is 0 Å². The van der Waals surface area contributed by atoms with Crippen LogP contribution < -0.4 is 5.73 Å². The normalized spacial score (nSPS) is 11.5. The second-order valence-electron chi connectivity index (χ2n) is 1.50. The van der Waals surface area contributed by atoms with Crippen molar-refractivity contribution in [3.63, 3.8) is 0 Å². The molecule has 5 heteroatoms. The van der Waals surface area contributed by atoms with Crippen LogP contribution in [0.2, 0.25) is 0 Å². The molecule has 0 aliphatic rings. The number of hydrogen-bond donors (Lipinski definition) is 2. The summed E-state index contributed by atoms with van der Waals surface area (Å²) in [6.45, 7) is 1.86. The predicted octanol–water partition coefficient (Wildman–Crippen LogP) is -0.709. The van der Waals surface area contributed by atoms with E-state index < -0.39 is 12.1 Å². The largest absolute Gasteiger partial charge is 0.464 e. The van der Waals surface area contributed by atoms with Crippen LogP contribution in [0.25, 0.3) is 0 Å². The molecule has 3 N–H and O–H groups in total. The van der Waals surface area contributed by atoms with Crippen LogP contribution >= 0.6 is 12.4 Å². The van der Waals surface area contributed by atoms with Crippen molar-refractivity contribution >= 4 is 18.4 Å². The highest BCUT2D eigenvalue weighted by Crippen LogP contribution is 1.84. The third kappa shape index (κ3) is 4.55. The van der Waals surface area contributed by atoms with Gasteiger partial charge in [-0.05, 0) is 6.92 Å². The zero-order valence-corrected chi connectivity index (χ0v) is 6.56. The summed E-state index contributed by atoms with van der Waals surface area (Å²) in [7, 11) is 0. The fourth-order valence-corrected chi connectivity index (χ4v) is 0.335. The van der Waals surface area contributed by atoms with E-state index in [2.05, 4.69) is 4.74 Å². The topological polar surface area (TPSA) is 72.5 Å². The van der Waals surface area contributed by atoms with Gasteiger partial charge in [-0.15, -0.1) is 12.4 Å². The maximum atomic E-state index is 10.4. The maximum Gasteiger partial charge on any atom is 0.336 e. The van der Waals surface area contributed by atoms with Gasteiger partial charge >= 0.3 is 5.97 Å². The molecule has 0 heterocycles. The van der Waals surface area contributed by atoms with Gasteiger partial charge in [0.15, 0.2) is 6.10 Å². The molecule has 0 amide bonds. The van der Waals surface area contributed by atoms with Gasteiger partial charge in [0.2, 0.25) is 0 Å². The van der Waals surface area contributed by atoms with Crippen LogP contribution in [0.5, 0.6) is 0 Å². The van der Waals surface area contributed by atoms with Crippen molar-refractivity contribution in [3.8, 4) is 0 Å². The first-order valence-electron chi connectivity index (χ1n) is 2.77. The summed E-state index contributed by atoms with van der Waals surface area (Å²) in [6, 6.07) is 0. The summed E-state index contributed by atoms with van der Waals surface area (Å²) in [5.41, 5.74) is 4.95. The second kappa shape index (κ2) is 6.80. The maximum absolute atomic E-state index is 10.4. The van der Waals surface area contributed by atoms with Crippen molar-refractivity contribution in [1.29, 1.82) is 0 Å². The van der Waals surface area contributed by atoms with Crippen LogP contribution in [0.3, 0.4) is 0 Å². The first-order chi connectivity index (χ1) is 4.22. The minimum Gasteiger partial charge on any atom is -0.464 e. The molecule has 0 aromatic rings. The SMILES string of the molecule is CCOC(=O)C(O)CN.Cl. The Morgan fingerprint density at radius 1 is 1.80 bits per heavy atom. The Kier molecular flexibility index (Phi) is 8.40. The number of nitrogens with two attached hydrogens (primary N) is 1. The molecule has 0 bridgehead atoms. The highest BCUT2D eigenvalue weighted by atomic mass is 35.5. The molecule has 0 fully saturated rings. The Morgan fingerprint density at radius 3 is 2.60 bits per heavy atom. The van der Waals surface area contributed by atoms with Crippen molar-refractivity contribution in [2.45, 2.75) is 13.0 Å². The Morgan fingerprint density at radius 2 is 2.30 bits per heavy atom. The van der Waals surface area contributed by atoms with Gasteiger partial charge in [0.1, 0.15) is 0 Å². The number of halogens is 1. The van der Waals surface area contributed by atoms with Crippen molar-refractivity contribution < 1.29 is 14.6 Å². The number of rotatable bonds is 3. The summed E-state index contributed by atoms with van der Waals surface area (Å²) in [6.07, 6.45) is -1.16. The summed E-state index contributed by atoms with van der Waals surface area (Å²) in [4.78, 5) is 10.4. The highest BCUT2D eigenvalue weighted by molar-refractivity contribution is 5.85. The summed E-state index contributed by atoms with van der Waals surface area (Å²) in [5.74, 6) is -0.653. The first-order valence-corrected chi connectivity index (χ1v) is 2.77. The predicted molar refractivity (Wildman–Crippen MR) is 38.9 cm³/mol. The van der Waals surface area contributed by atoms with Crippen molar-refractivity contribution in [3.05, 3.63) is 0 Å². The van der Waals surface area contributed by atoms with Gasteiger partial charge in [-0.2, -0.15) is 0 Å². The van der Waals surface area contributed by atoms with Crippen LogP contribution in [-0.2, 0) is 9.53 Å². The molecular formula is C5H12ClNO3. The summed E-state index contributed by atoms with van der Waals surface area (Å²) < 4.78 is 4.43. The number of aliphatic hydroxyl groups is 1. The Bertz CT molecular complexity index is 98.9. The molecule has 0 aromatic carbocycles. The van der Waals surface area contributed by atoms with E-state index in [0.29, 0.717) is 0 Å². The smallest absolute Gasteiger partial charge is 0.336 e. The van der Waals surface area contributed by atoms with Crippen LogP contribution in [0.4, 0.5) is 0 Å². The lowest BCUT2D eigenvalue weighted by molar-refractivity contribution is -0.152. The van der Waals surface area contributed by atoms with Gasteiger partial charge in [0.25, 0.3) is 0 Å². The fourth-order valence-electron chi connectivity index (χ4n) is 0.335. The van der Waals surface area contributed by atoms with E-state index in [-0.39, 0.29) is 25.6 Å². The number of esters is 1. The average molecular weight is 170 g/mol. The van der Waals surface area contributed by atoms with E-state index in [4.69, 9.17) is 10.8 Å². The molecule has 4 nitrogen and oxygen atoms in total. The lowest BCUT2D eigenvalue weighted by atomic mass is 10.4. The van der Waals surface area contributed by atoms with E-state index in [9.17, 15) is 4.79 Å². The van der Waals surface area contributed by atoms with E-state index >= 15 is 0 Å². The van der Waals surface area contributed by atoms with Crippen LogP contribution in [-0.4, -0.2) is 30.3 Å². The van der Waals surface area contributed by atoms with Gasteiger partial charge in [-0.1, -0.05) is 0 Å². The molecule has 1 unspecified atom stereocenters. The number of carbonyl (C=O) groups is 1. The molecule has 0 rings (SSSR count). The van der Waals surface area contributed by atoms with Gasteiger partial charge in [0.05, 0.1) is 6.61 Å². The van der Waals surface area contributed by atoms with E-state index in [1.54, 1.807) is 6.92 Å². The molecule has 0 spiro atoms. The zero-order valence-electron chi connectivity index (χ0n) is 5.74. The molecule has 62 valence electrons. The Hall–Kier alpha value is -0.320. The molecule has 0 saturated heterocycles. The van der Waals surface area contributed by atoms with Crippen molar-refractivity contribution in [1.82, 2.24) is 0 Å². The number of ether oxygens (including phenoxy) is 1. The lowest BCUT2D eigenvalue weighted by Crippen LogP contribution is -2.30. The Balaban J connectivity index is 0. The number of hydrogen-bond acceptors (Lipinski definition) is 4. The zero-order chi connectivity index (χ0) is 7.28. The van der Waals surface area contributed by atoms with Gasteiger partial charge < -0.3 is 15.6 Å². The van der Waals surface area contributed by atoms with Crippen LogP contribution in [0, 0.1) is 0 Å². The lowest BCUT2D eigenvalue weighted by Gasteiger charge is -2.04. The first kappa shape index (κ1) is 12.4. The quantitative estimate of drug-likeness (QED) is 0.548. The molecule has 0 aliphatic heterocycles. The van der Waals surface area contributed by atoms with E-state index in [0.717, 1.165) is 0 Å². The van der Waals surface area contributed by atoms with Gasteiger partial charge in [0, 0.05) is 6.54 Å². The van der Waals surface area contributed by atoms with Gasteiger partial charge in [-0.25, -0.2) is 4.79 Å². The monoisotopic (exact) mass is 169 g/mol. The van der Waals surface area contributed by atoms with E-state index in [1.165, 1.54) is 0 Å². The highest BCUT2D eigenvalue weighted by Gasteiger charge is 2.12. The third-order valence-corrected chi connectivity index (χ3v) is 0.782. The fraction of sp³-hybridized carbons (Fsp3) is 0.800. The van der Waals surface area contributed by atoms with Crippen molar-refractivity contribution in [2.75, 3.05) is 13.2 Å². The minimum atomic E-state index is -1.16. The average Bonchev–Trinajstić information content (AvgIpc) is 1.87. The van der Waals surface area contributed by atoms with E-state index in [1.807, 2.05) is 0 Å². The summed E-state index contributed by atoms with van der Waals surface area (Å²) >= 11 is 0. The Labute approximate surface area is 65.8 Å². The molecule has 0 saturated carbocycles. The number of aliphatic hydroxyl groups excluding tert-OH is 1. The molecule has 0 aromatic heterocycles.